The number of likely N-dealkylation sites (N-methyl/N-ethyl adjacent to an activating group) is 1. The molecule has 0 aromatic carbocycles. The first-order valence-corrected chi connectivity index (χ1v) is 8.59. The number of nitrogens with one attached hydrogen (secondary N) is 2. The van der Waals surface area contributed by atoms with E-state index < -0.39 is 16.0 Å². The van der Waals surface area contributed by atoms with Gasteiger partial charge in [0, 0.05) is 12.6 Å². The van der Waals surface area contributed by atoms with E-state index in [0.29, 0.717) is 5.56 Å². The minimum atomic E-state index is -3.73. The maximum absolute atomic E-state index is 12.3. The van der Waals surface area contributed by atoms with Crippen LogP contribution in [0, 0.1) is 6.92 Å². The van der Waals surface area contributed by atoms with Crippen molar-refractivity contribution in [3.8, 4) is 0 Å². The highest BCUT2D eigenvalue weighted by Gasteiger charge is 2.27. The van der Waals surface area contributed by atoms with Gasteiger partial charge < -0.3 is 10.1 Å². The molecule has 0 aliphatic rings. The Bertz CT molecular complexity index is 566. The summed E-state index contributed by atoms with van der Waals surface area (Å²) in [6.07, 6.45) is 0. The Balaban J connectivity index is 2.98. The Labute approximate surface area is 123 Å². The Kier molecular flexibility index (Phi) is 6.12. The van der Waals surface area contributed by atoms with Gasteiger partial charge in [0.25, 0.3) is 0 Å². The highest BCUT2D eigenvalue weighted by Crippen LogP contribution is 2.27. The van der Waals surface area contributed by atoms with E-state index in [2.05, 4.69) is 14.8 Å². The Morgan fingerprint density at radius 2 is 2.15 bits per heavy atom. The predicted molar refractivity (Wildman–Crippen MR) is 78.7 cm³/mol. The van der Waals surface area contributed by atoms with Gasteiger partial charge in [-0.25, -0.2) is 17.9 Å². The topological polar surface area (TPSA) is 84.5 Å². The number of aryl methyl sites for hydroxylation is 1. The highest BCUT2D eigenvalue weighted by atomic mass is 32.2. The molecule has 1 aromatic rings. The van der Waals surface area contributed by atoms with Crippen molar-refractivity contribution in [2.45, 2.75) is 31.7 Å². The van der Waals surface area contributed by atoms with Crippen molar-refractivity contribution in [3.05, 3.63) is 15.8 Å². The van der Waals surface area contributed by atoms with E-state index in [1.54, 1.807) is 12.3 Å². The standard InChI is InChI=1S/C12H20N2O4S2/c1-5-13-9(3)6-14-20(16,17)11-8(2)7-19-10(11)12(15)18-4/h7,9,13-14H,5-6H2,1-4H3/t9-/m1/s1. The number of ether oxygens (including phenoxy) is 1. The number of methoxy groups -OCH3 is 1. The van der Waals surface area contributed by atoms with Gasteiger partial charge in [-0.05, 0) is 31.3 Å². The average molecular weight is 320 g/mol. The summed E-state index contributed by atoms with van der Waals surface area (Å²) in [4.78, 5) is 11.7. The summed E-state index contributed by atoms with van der Waals surface area (Å²) in [7, 11) is -2.50. The van der Waals surface area contributed by atoms with Crippen LogP contribution in [-0.4, -0.2) is 40.6 Å². The lowest BCUT2D eigenvalue weighted by Crippen LogP contribution is -2.39. The fourth-order valence-electron chi connectivity index (χ4n) is 1.73. The molecular weight excluding hydrogens is 300 g/mol. The summed E-state index contributed by atoms with van der Waals surface area (Å²) < 4.78 is 31.8. The first kappa shape index (κ1) is 17.1. The molecule has 0 spiro atoms. The van der Waals surface area contributed by atoms with Gasteiger partial charge in [0.2, 0.25) is 10.0 Å². The van der Waals surface area contributed by atoms with Gasteiger partial charge in [-0.3, -0.25) is 0 Å². The molecule has 20 heavy (non-hydrogen) atoms. The molecule has 114 valence electrons. The Morgan fingerprint density at radius 3 is 2.70 bits per heavy atom. The van der Waals surface area contributed by atoms with Crippen molar-refractivity contribution >= 4 is 27.3 Å². The van der Waals surface area contributed by atoms with Gasteiger partial charge in [0.05, 0.1) is 7.11 Å². The second-order valence-corrected chi connectivity index (χ2v) is 6.96. The molecule has 1 atom stereocenters. The van der Waals surface area contributed by atoms with E-state index in [1.165, 1.54) is 7.11 Å². The highest BCUT2D eigenvalue weighted by molar-refractivity contribution is 7.89. The van der Waals surface area contributed by atoms with E-state index in [-0.39, 0.29) is 22.4 Å². The molecule has 6 nitrogen and oxygen atoms in total. The van der Waals surface area contributed by atoms with Crippen molar-refractivity contribution in [3.63, 3.8) is 0 Å². The van der Waals surface area contributed by atoms with Gasteiger partial charge in [-0.1, -0.05) is 6.92 Å². The van der Waals surface area contributed by atoms with Crippen LogP contribution < -0.4 is 10.0 Å². The van der Waals surface area contributed by atoms with Crippen molar-refractivity contribution < 1.29 is 17.9 Å². The minimum absolute atomic E-state index is 0.00953. The van der Waals surface area contributed by atoms with Crippen molar-refractivity contribution in [1.29, 1.82) is 0 Å². The summed E-state index contributed by atoms with van der Waals surface area (Å²) >= 11 is 1.07. The molecule has 0 saturated carbocycles. The molecule has 2 N–H and O–H groups in total. The number of rotatable bonds is 7. The largest absolute Gasteiger partial charge is 0.465 e. The summed E-state index contributed by atoms with van der Waals surface area (Å²) in [6, 6.07) is 0.00953. The molecule has 0 unspecified atom stereocenters. The van der Waals surface area contributed by atoms with E-state index in [4.69, 9.17) is 0 Å². The lowest BCUT2D eigenvalue weighted by atomic mass is 10.3. The molecule has 0 fully saturated rings. The van der Waals surface area contributed by atoms with Crippen LogP contribution >= 0.6 is 11.3 Å². The van der Waals surface area contributed by atoms with Gasteiger partial charge in [0.15, 0.2) is 0 Å². The van der Waals surface area contributed by atoms with E-state index in [0.717, 1.165) is 17.9 Å². The predicted octanol–water partition coefficient (Wildman–Crippen LogP) is 1.12. The van der Waals surface area contributed by atoms with Crippen LogP contribution in [-0.2, 0) is 14.8 Å². The quantitative estimate of drug-likeness (QED) is 0.736. The zero-order chi connectivity index (χ0) is 15.3. The average Bonchev–Trinajstić information content (AvgIpc) is 2.79. The number of thiophene rings is 1. The number of hydrogen-bond acceptors (Lipinski definition) is 6. The third-order valence-corrected chi connectivity index (χ3v) is 5.51. The first-order chi connectivity index (χ1) is 9.33. The van der Waals surface area contributed by atoms with Crippen LogP contribution in [0.2, 0.25) is 0 Å². The molecule has 0 saturated heterocycles. The fraction of sp³-hybridized carbons (Fsp3) is 0.583. The Hall–Kier alpha value is -0.960. The molecule has 8 heteroatoms. The summed E-state index contributed by atoms with van der Waals surface area (Å²) in [5.74, 6) is -0.636. The monoisotopic (exact) mass is 320 g/mol. The second-order valence-electron chi connectivity index (χ2n) is 4.38. The van der Waals surface area contributed by atoms with Gasteiger partial charge in [-0.2, -0.15) is 0 Å². The summed E-state index contributed by atoms with van der Waals surface area (Å²) in [5.41, 5.74) is 0.541. The first-order valence-electron chi connectivity index (χ1n) is 6.23. The summed E-state index contributed by atoms with van der Waals surface area (Å²) in [6.45, 7) is 6.50. The van der Waals surface area contributed by atoms with Gasteiger partial charge in [0.1, 0.15) is 9.77 Å². The van der Waals surface area contributed by atoms with Crippen LogP contribution in [0.15, 0.2) is 10.3 Å². The number of hydrogen-bond donors (Lipinski definition) is 2. The smallest absolute Gasteiger partial charge is 0.349 e. The van der Waals surface area contributed by atoms with E-state index in [9.17, 15) is 13.2 Å². The Morgan fingerprint density at radius 1 is 1.50 bits per heavy atom. The summed E-state index contributed by atoms with van der Waals surface area (Å²) in [5, 5.41) is 4.74. The van der Waals surface area contributed by atoms with Crippen molar-refractivity contribution in [2.75, 3.05) is 20.2 Å². The van der Waals surface area contributed by atoms with Crippen LogP contribution in [0.4, 0.5) is 0 Å². The SMILES string of the molecule is CCN[C@H](C)CNS(=O)(=O)c1c(C)csc1C(=O)OC. The van der Waals surface area contributed by atoms with Gasteiger partial charge >= 0.3 is 5.97 Å². The van der Waals surface area contributed by atoms with Crippen LogP contribution in [0.5, 0.6) is 0 Å². The molecule has 0 aliphatic carbocycles. The van der Waals surface area contributed by atoms with Crippen molar-refractivity contribution in [1.82, 2.24) is 10.0 Å². The zero-order valence-corrected chi connectivity index (χ0v) is 13.7. The molecule has 1 rings (SSSR count). The zero-order valence-electron chi connectivity index (χ0n) is 12.0. The number of esters is 1. The number of carbonyl (C=O) groups is 1. The molecule has 0 bridgehead atoms. The third-order valence-electron chi connectivity index (χ3n) is 2.69. The van der Waals surface area contributed by atoms with Crippen LogP contribution in [0.3, 0.4) is 0 Å². The van der Waals surface area contributed by atoms with E-state index >= 15 is 0 Å². The van der Waals surface area contributed by atoms with Crippen LogP contribution in [0.25, 0.3) is 0 Å². The fourth-order valence-corrected chi connectivity index (χ4v) is 4.56. The number of sulfonamides is 1. The molecule has 1 aromatic heterocycles. The van der Waals surface area contributed by atoms with Crippen LogP contribution in [0.1, 0.15) is 29.1 Å². The van der Waals surface area contributed by atoms with Crippen molar-refractivity contribution in [2.24, 2.45) is 0 Å². The lowest BCUT2D eigenvalue weighted by Gasteiger charge is -2.14. The minimum Gasteiger partial charge on any atom is -0.465 e. The normalized spacial score (nSPS) is 13.2. The molecule has 0 amide bonds. The molecule has 0 radical (unpaired) electrons. The molecule has 1 heterocycles. The second kappa shape index (κ2) is 7.16. The lowest BCUT2D eigenvalue weighted by molar-refractivity contribution is 0.0602. The third kappa shape index (κ3) is 4.02. The maximum Gasteiger partial charge on any atom is 0.349 e. The number of carbonyl (C=O) groups excluding carboxylic acids is 1. The maximum atomic E-state index is 12.3. The molecular formula is C12H20N2O4S2. The van der Waals surface area contributed by atoms with E-state index in [1.807, 2.05) is 13.8 Å². The van der Waals surface area contributed by atoms with Gasteiger partial charge in [-0.15, -0.1) is 11.3 Å². The molecule has 0 aliphatic heterocycles.